The first-order valence-electron chi connectivity index (χ1n) is 16.0. The van der Waals surface area contributed by atoms with Crippen molar-refractivity contribution in [3.63, 3.8) is 0 Å². The largest absolute Gasteiger partial charge is 0.393 e. The summed E-state index contributed by atoms with van der Waals surface area (Å²) in [5.41, 5.74) is 7.60. The molecule has 9 atom stereocenters. The van der Waals surface area contributed by atoms with Crippen molar-refractivity contribution in [2.45, 2.75) is 130 Å². The Balaban J connectivity index is 0.000000505. The maximum absolute atomic E-state index is 11.1. The van der Waals surface area contributed by atoms with Crippen LogP contribution in [-0.4, -0.2) is 30.0 Å². The van der Waals surface area contributed by atoms with Gasteiger partial charge in [-0.3, -0.25) is 0 Å². The van der Waals surface area contributed by atoms with Crippen molar-refractivity contribution >= 4 is 12.2 Å². The Kier molecular flexibility index (Phi) is 11.9. The summed E-state index contributed by atoms with van der Waals surface area (Å²) < 4.78 is 0. The lowest BCUT2D eigenvalue weighted by molar-refractivity contribution is -0.110. The quantitative estimate of drug-likeness (QED) is 0.126. The molecule has 2 unspecified atom stereocenters. The third-order valence-corrected chi connectivity index (χ3v) is 11.5. The van der Waals surface area contributed by atoms with Crippen molar-refractivity contribution in [1.82, 2.24) is 0 Å². The first kappa shape index (κ1) is 31.3. The fourth-order valence-corrected chi connectivity index (χ4v) is 9.34. The minimum atomic E-state index is -0.259. The first-order chi connectivity index (χ1) is 18.2. The fourth-order valence-electron chi connectivity index (χ4n) is 9.34. The predicted octanol–water partition coefficient (Wildman–Crippen LogP) is 7.46. The summed E-state index contributed by atoms with van der Waals surface area (Å²) in [5, 5.41) is 10.2. The number of unbranched alkanes of at least 4 members (excludes halogenated alkanes) is 3. The number of aldehydes is 1. The molecule has 38 heavy (non-hydrogen) atoms. The van der Waals surface area contributed by atoms with E-state index in [2.05, 4.69) is 33.8 Å². The molecular formula is C34H57NO3. The fraction of sp³-hybridized carbons (Fsp3) is 0.853. The summed E-state index contributed by atoms with van der Waals surface area (Å²) in [6, 6.07) is 0. The normalized spacial score (nSPS) is 37.2. The number of rotatable bonds is 11. The molecule has 3 saturated carbocycles. The van der Waals surface area contributed by atoms with Gasteiger partial charge in [0.15, 0.2) is 0 Å². The molecule has 0 aliphatic heterocycles. The van der Waals surface area contributed by atoms with Crippen LogP contribution in [0.5, 0.6) is 0 Å². The van der Waals surface area contributed by atoms with E-state index >= 15 is 0 Å². The first-order valence-corrected chi connectivity index (χ1v) is 16.0. The molecule has 3 N–H and O–H groups in total. The van der Waals surface area contributed by atoms with E-state index < -0.39 is 0 Å². The van der Waals surface area contributed by atoms with Crippen LogP contribution in [0.3, 0.4) is 0 Å². The molecule has 216 valence electrons. The third-order valence-electron chi connectivity index (χ3n) is 11.5. The lowest BCUT2D eigenvalue weighted by Gasteiger charge is -2.58. The highest BCUT2D eigenvalue weighted by atomic mass is 16.3. The van der Waals surface area contributed by atoms with E-state index in [9.17, 15) is 14.7 Å². The average molecular weight is 528 g/mol. The zero-order chi connectivity index (χ0) is 27.8. The number of nitrogens with two attached hydrogens (primary N) is 1. The molecule has 0 aromatic carbocycles. The molecule has 0 aromatic rings. The van der Waals surface area contributed by atoms with Crippen LogP contribution in [0, 0.1) is 46.3 Å². The van der Waals surface area contributed by atoms with Gasteiger partial charge in [0.2, 0.25) is 0 Å². The molecule has 3 fully saturated rings. The molecule has 4 rings (SSSR count). The summed E-state index contributed by atoms with van der Waals surface area (Å²) >= 11 is 0. The third kappa shape index (κ3) is 6.91. The van der Waals surface area contributed by atoms with Crippen LogP contribution in [0.1, 0.15) is 124 Å². The highest BCUT2D eigenvalue weighted by molar-refractivity contribution is 5.62. The van der Waals surface area contributed by atoms with E-state index in [1.54, 1.807) is 11.5 Å². The van der Waals surface area contributed by atoms with Gasteiger partial charge in [-0.1, -0.05) is 71.4 Å². The van der Waals surface area contributed by atoms with Crippen molar-refractivity contribution in [3.05, 3.63) is 17.7 Å². The Hall–Kier alpha value is -1.22. The second-order valence-electron chi connectivity index (χ2n) is 13.7. The molecule has 0 heterocycles. The predicted molar refractivity (Wildman–Crippen MR) is 157 cm³/mol. The maximum atomic E-state index is 11.1. The van der Waals surface area contributed by atoms with Crippen molar-refractivity contribution in [2.75, 3.05) is 6.54 Å². The molecule has 4 heteroatoms. The highest BCUT2D eigenvalue weighted by Crippen LogP contribution is 2.67. The summed E-state index contributed by atoms with van der Waals surface area (Å²) in [5.74, 6) is 5.43. The lowest BCUT2D eigenvalue weighted by atomic mass is 9.47. The second-order valence-corrected chi connectivity index (χ2v) is 13.7. The maximum Gasteiger partial charge on any atom is 0.127 e. The molecule has 4 aliphatic carbocycles. The Bertz CT molecular complexity index is 828. The van der Waals surface area contributed by atoms with E-state index in [0.29, 0.717) is 16.7 Å². The standard InChI is InChI=1S/C28H42O3.C6H15N/c1-19(5-4-6-20(18-30)13-16-29)24-9-10-25-23-8-7-21-17-22(31)11-14-27(21,2)26(23)12-15-28(24,25)3;1-2-3-4-5-6-7/h7,13,18-20,22-26,31H,4-6,8-12,14-15,17H2,1-3H3;2-7H2,1H3/t19?,20?,22-,23-,24+,25-,26-,27-,28+;/m0./s1. The van der Waals surface area contributed by atoms with E-state index in [-0.39, 0.29) is 12.0 Å². The second kappa shape index (κ2) is 14.4. The van der Waals surface area contributed by atoms with Crippen molar-refractivity contribution in [2.24, 2.45) is 52.1 Å². The summed E-state index contributed by atoms with van der Waals surface area (Å²) in [7, 11) is 0. The van der Waals surface area contributed by atoms with Crippen LogP contribution >= 0.6 is 0 Å². The van der Waals surface area contributed by atoms with E-state index in [1.165, 1.54) is 63.9 Å². The SMILES string of the molecule is CC(CCCC(C=O)C=C=O)[C@H]1CC[C@H]2[C@@H]3CC=C4C[C@@H](O)CC[C@]4(C)[C@H]3CC[C@]12C.CCCCCCN. The molecule has 0 aromatic heterocycles. The van der Waals surface area contributed by atoms with Gasteiger partial charge in [-0.2, -0.15) is 0 Å². The molecule has 0 radical (unpaired) electrons. The number of carbonyl (C=O) groups is 1. The van der Waals surface area contributed by atoms with Gasteiger partial charge in [0, 0.05) is 12.0 Å². The molecule has 0 spiro atoms. The minimum absolute atomic E-state index is 0.123. The van der Waals surface area contributed by atoms with Gasteiger partial charge in [-0.25, -0.2) is 4.79 Å². The monoisotopic (exact) mass is 527 g/mol. The van der Waals surface area contributed by atoms with Gasteiger partial charge < -0.3 is 15.6 Å². The molecular weight excluding hydrogens is 470 g/mol. The minimum Gasteiger partial charge on any atom is -0.393 e. The number of hydrogen-bond donors (Lipinski definition) is 2. The lowest BCUT2D eigenvalue weighted by Crippen LogP contribution is -2.50. The van der Waals surface area contributed by atoms with Crippen molar-refractivity contribution in [1.29, 1.82) is 0 Å². The highest BCUT2D eigenvalue weighted by Gasteiger charge is 2.59. The van der Waals surface area contributed by atoms with Gasteiger partial charge in [-0.05, 0) is 111 Å². The molecule has 4 nitrogen and oxygen atoms in total. The number of carbonyl (C=O) groups excluding carboxylic acids is 2. The molecule has 0 amide bonds. The van der Waals surface area contributed by atoms with Gasteiger partial charge in [0.05, 0.1) is 6.10 Å². The van der Waals surface area contributed by atoms with E-state index in [4.69, 9.17) is 5.73 Å². The average Bonchev–Trinajstić information content (AvgIpc) is 3.26. The topological polar surface area (TPSA) is 80.4 Å². The van der Waals surface area contributed by atoms with Gasteiger partial charge in [0.1, 0.15) is 12.2 Å². The summed E-state index contributed by atoms with van der Waals surface area (Å²) in [4.78, 5) is 21.7. The summed E-state index contributed by atoms with van der Waals surface area (Å²) in [6.07, 6.45) is 22.5. The van der Waals surface area contributed by atoms with Gasteiger partial charge in [-0.15, -0.1) is 0 Å². The molecule has 0 bridgehead atoms. The van der Waals surface area contributed by atoms with Gasteiger partial charge in [0.25, 0.3) is 0 Å². The number of hydrogen-bond acceptors (Lipinski definition) is 4. The number of allylic oxidation sites excluding steroid dienone is 2. The van der Waals surface area contributed by atoms with Gasteiger partial charge >= 0.3 is 0 Å². The van der Waals surface area contributed by atoms with Crippen molar-refractivity contribution in [3.8, 4) is 0 Å². The summed E-state index contributed by atoms with van der Waals surface area (Å²) in [6.45, 7) is 10.6. The Labute approximate surface area is 233 Å². The van der Waals surface area contributed by atoms with Crippen LogP contribution in [-0.2, 0) is 9.59 Å². The Morgan fingerprint density at radius 1 is 1.08 bits per heavy atom. The van der Waals surface area contributed by atoms with Crippen molar-refractivity contribution < 1.29 is 14.7 Å². The Morgan fingerprint density at radius 2 is 1.87 bits per heavy atom. The van der Waals surface area contributed by atoms with Crippen LogP contribution in [0.15, 0.2) is 17.7 Å². The zero-order valence-electron chi connectivity index (χ0n) is 24.9. The van der Waals surface area contributed by atoms with E-state index in [1.807, 2.05) is 0 Å². The molecule has 0 saturated heterocycles. The van der Waals surface area contributed by atoms with Crippen LogP contribution in [0.2, 0.25) is 0 Å². The zero-order valence-corrected chi connectivity index (χ0v) is 24.9. The molecule has 4 aliphatic rings. The van der Waals surface area contributed by atoms with Crippen LogP contribution in [0.25, 0.3) is 0 Å². The number of aliphatic hydroxyl groups is 1. The number of fused-ring (bicyclic) bond motifs is 5. The number of aliphatic hydroxyl groups excluding tert-OH is 1. The Morgan fingerprint density at radius 3 is 2.55 bits per heavy atom. The van der Waals surface area contributed by atoms with E-state index in [0.717, 1.165) is 75.0 Å². The smallest absolute Gasteiger partial charge is 0.127 e. The van der Waals surface area contributed by atoms with Crippen LogP contribution in [0.4, 0.5) is 0 Å². The van der Waals surface area contributed by atoms with Crippen LogP contribution < -0.4 is 5.73 Å².